The lowest BCUT2D eigenvalue weighted by molar-refractivity contribution is -0.149. The van der Waals surface area contributed by atoms with Crippen LogP contribution in [-0.4, -0.2) is 18.1 Å². The number of carbonyl (C=O) groups excluding carboxylic acids is 1. The molecule has 0 amide bonds. The Morgan fingerprint density at radius 3 is 2.64 bits per heavy atom. The molecule has 0 aromatic rings. The molecule has 0 aromatic carbocycles. The number of esters is 1. The fraction of sp³-hybridized carbons (Fsp3) is 0.800. The van der Waals surface area contributed by atoms with Gasteiger partial charge in [0.1, 0.15) is 5.54 Å². The summed E-state index contributed by atoms with van der Waals surface area (Å²) in [5, 5.41) is 8.79. The molecule has 0 saturated heterocycles. The molecule has 1 rings (SSSR count). The maximum absolute atomic E-state index is 11.4. The van der Waals surface area contributed by atoms with Crippen molar-refractivity contribution in [1.82, 2.24) is 0 Å². The van der Waals surface area contributed by atoms with Crippen LogP contribution in [-0.2, 0) is 9.53 Å². The second kappa shape index (κ2) is 4.43. The van der Waals surface area contributed by atoms with Crippen molar-refractivity contribution in [3.63, 3.8) is 0 Å². The Labute approximate surface area is 84.0 Å². The molecule has 0 aliphatic heterocycles. The van der Waals surface area contributed by atoms with E-state index in [2.05, 4.69) is 6.07 Å². The average Bonchev–Trinajstić information content (AvgIpc) is 2.19. The van der Waals surface area contributed by atoms with Crippen LogP contribution in [0.15, 0.2) is 0 Å². The highest BCUT2D eigenvalue weighted by molar-refractivity contribution is 5.72. The first-order valence-electron chi connectivity index (χ1n) is 4.98. The van der Waals surface area contributed by atoms with Crippen molar-refractivity contribution < 1.29 is 9.53 Å². The van der Waals surface area contributed by atoms with E-state index in [4.69, 9.17) is 15.7 Å². The van der Waals surface area contributed by atoms with E-state index < -0.39 is 5.54 Å². The topological polar surface area (TPSA) is 76.1 Å². The van der Waals surface area contributed by atoms with Gasteiger partial charge in [0.05, 0.1) is 18.6 Å². The SMILES string of the molecule is CCOC(=O)C1CCC(N)(C#N)CC1. The molecule has 0 unspecified atom stereocenters. The normalized spacial score (nSPS) is 31.9. The van der Waals surface area contributed by atoms with Gasteiger partial charge in [-0.1, -0.05) is 0 Å². The summed E-state index contributed by atoms with van der Waals surface area (Å²) in [6, 6.07) is 2.10. The maximum Gasteiger partial charge on any atom is 0.308 e. The largest absolute Gasteiger partial charge is 0.466 e. The Morgan fingerprint density at radius 2 is 2.21 bits per heavy atom. The van der Waals surface area contributed by atoms with Gasteiger partial charge >= 0.3 is 5.97 Å². The monoisotopic (exact) mass is 196 g/mol. The van der Waals surface area contributed by atoms with E-state index in [1.54, 1.807) is 6.92 Å². The molecule has 4 heteroatoms. The zero-order chi connectivity index (χ0) is 10.6. The van der Waals surface area contributed by atoms with Gasteiger partial charge in [0.25, 0.3) is 0 Å². The van der Waals surface area contributed by atoms with Crippen molar-refractivity contribution in [3.05, 3.63) is 0 Å². The van der Waals surface area contributed by atoms with Gasteiger partial charge in [-0.3, -0.25) is 4.79 Å². The van der Waals surface area contributed by atoms with Crippen LogP contribution in [0.4, 0.5) is 0 Å². The van der Waals surface area contributed by atoms with Crippen molar-refractivity contribution in [2.24, 2.45) is 11.7 Å². The smallest absolute Gasteiger partial charge is 0.308 e. The number of nitrogens with two attached hydrogens (primary N) is 1. The lowest BCUT2D eigenvalue weighted by Gasteiger charge is -2.30. The predicted molar refractivity (Wildman–Crippen MR) is 51.1 cm³/mol. The minimum absolute atomic E-state index is 0.0556. The Morgan fingerprint density at radius 1 is 1.64 bits per heavy atom. The summed E-state index contributed by atoms with van der Waals surface area (Å²) in [6.45, 7) is 2.21. The zero-order valence-electron chi connectivity index (χ0n) is 8.45. The second-order valence-electron chi connectivity index (χ2n) is 3.79. The molecular weight excluding hydrogens is 180 g/mol. The van der Waals surface area contributed by atoms with Crippen LogP contribution in [0.3, 0.4) is 0 Å². The molecule has 0 spiro atoms. The Kier molecular flexibility index (Phi) is 3.48. The fourth-order valence-corrected chi connectivity index (χ4v) is 1.74. The molecule has 1 saturated carbocycles. The third-order valence-corrected chi connectivity index (χ3v) is 2.72. The van der Waals surface area contributed by atoms with Gasteiger partial charge in [0.2, 0.25) is 0 Å². The van der Waals surface area contributed by atoms with Crippen LogP contribution < -0.4 is 5.73 Å². The molecule has 2 N–H and O–H groups in total. The summed E-state index contributed by atoms with van der Waals surface area (Å²) in [4.78, 5) is 11.4. The number of hydrogen-bond acceptors (Lipinski definition) is 4. The molecule has 0 heterocycles. The van der Waals surface area contributed by atoms with Gasteiger partial charge in [-0.05, 0) is 32.6 Å². The Hall–Kier alpha value is -1.08. The van der Waals surface area contributed by atoms with E-state index in [0.717, 1.165) is 0 Å². The molecular formula is C10H16N2O2. The second-order valence-corrected chi connectivity index (χ2v) is 3.79. The highest BCUT2D eigenvalue weighted by atomic mass is 16.5. The number of ether oxygens (including phenoxy) is 1. The van der Waals surface area contributed by atoms with Gasteiger partial charge in [-0.25, -0.2) is 0 Å². The summed E-state index contributed by atoms with van der Waals surface area (Å²) in [5.41, 5.74) is 5.06. The van der Waals surface area contributed by atoms with Gasteiger partial charge in [0.15, 0.2) is 0 Å². The first kappa shape index (κ1) is 11.0. The lowest BCUT2D eigenvalue weighted by Crippen LogP contribution is -2.43. The average molecular weight is 196 g/mol. The molecule has 14 heavy (non-hydrogen) atoms. The minimum Gasteiger partial charge on any atom is -0.466 e. The van der Waals surface area contributed by atoms with Crippen molar-refractivity contribution in [1.29, 1.82) is 5.26 Å². The van der Waals surface area contributed by atoms with E-state index in [1.807, 2.05) is 0 Å². The van der Waals surface area contributed by atoms with Crippen LogP contribution in [0.2, 0.25) is 0 Å². The van der Waals surface area contributed by atoms with Crippen molar-refractivity contribution in [3.8, 4) is 6.07 Å². The predicted octanol–water partition coefficient (Wildman–Crippen LogP) is 0.961. The zero-order valence-corrected chi connectivity index (χ0v) is 8.45. The summed E-state index contributed by atoms with van der Waals surface area (Å²) in [5.74, 6) is -0.201. The summed E-state index contributed by atoms with van der Waals surface area (Å²) in [7, 11) is 0. The molecule has 78 valence electrons. The van der Waals surface area contributed by atoms with Crippen molar-refractivity contribution in [2.75, 3.05) is 6.61 Å². The number of rotatable bonds is 2. The highest BCUT2D eigenvalue weighted by Gasteiger charge is 2.34. The molecule has 1 fully saturated rings. The molecule has 0 atom stereocenters. The van der Waals surface area contributed by atoms with E-state index in [0.29, 0.717) is 32.3 Å². The standard InChI is InChI=1S/C10H16N2O2/c1-2-14-9(13)8-3-5-10(12,7-11)6-4-8/h8H,2-6,12H2,1H3. The van der Waals surface area contributed by atoms with Crippen LogP contribution in [0.1, 0.15) is 32.6 Å². The fourth-order valence-electron chi connectivity index (χ4n) is 1.74. The number of nitriles is 1. The van der Waals surface area contributed by atoms with E-state index in [-0.39, 0.29) is 11.9 Å². The van der Waals surface area contributed by atoms with Gasteiger partial charge < -0.3 is 10.5 Å². The van der Waals surface area contributed by atoms with Crippen LogP contribution >= 0.6 is 0 Å². The number of carbonyl (C=O) groups is 1. The van der Waals surface area contributed by atoms with Gasteiger partial charge in [-0.2, -0.15) is 5.26 Å². The van der Waals surface area contributed by atoms with Crippen molar-refractivity contribution in [2.45, 2.75) is 38.1 Å². The van der Waals surface area contributed by atoms with E-state index >= 15 is 0 Å². The first-order chi connectivity index (χ1) is 6.61. The molecule has 1 aliphatic carbocycles. The molecule has 1 aliphatic rings. The molecule has 0 bridgehead atoms. The molecule has 0 radical (unpaired) electrons. The third-order valence-electron chi connectivity index (χ3n) is 2.72. The number of nitrogens with zero attached hydrogens (tertiary/aromatic N) is 1. The summed E-state index contributed by atoms with van der Waals surface area (Å²) in [6.07, 6.45) is 2.52. The first-order valence-corrected chi connectivity index (χ1v) is 4.98. The highest BCUT2D eigenvalue weighted by Crippen LogP contribution is 2.30. The van der Waals surface area contributed by atoms with Crippen LogP contribution in [0, 0.1) is 17.2 Å². The minimum atomic E-state index is -0.719. The van der Waals surface area contributed by atoms with E-state index in [1.165, 1.54) is 0 Å². The quantitative estimate of drug-likeness (QED) is 0.667. The number of hydrogen-bond donors (Lipinski definition) is 1. The van der Waals surface area contributed by atoms with Crippen LogP contribution in [0.25, 0.3) is 0 Å². The third kappa shape index (κ3) is 2.46. The van der Waals surface area contributed by atoms with Crippen LogP contribution in [0.5, 0.6) is 0 Å². The molecule has 0 aromatic heterocycles. The summed E-state index contributed by atoms with van der Waals surface area (Å²) >= 11 is 0. The van der Waals surface area contributed by atoms with Gasteiger partial charge in [0, 0.05) is 0 Å². The maximum atomic E-state index is 11.4. The van der Waals surface area contributed by atoms with Gasteiger partial charge in [-0.15, -0.1) is 0 Å². The Bertz CT molecular complexity index is 249. The Balaban J connectivity index is 2.44. The lowest BCUT2D eigenvalue weighted by atomic mass is 9.78. The van der Waals surface area contributed by atoms with E-state index in [9.17, 15) is 4.79 Å². The molecule has 4 nitrogen and oxygen atoms in total. The summed E-state index contributed by atoms with van der Waals surface area (Å²) < 4.78 is 4.92. The van der Waals surface area contributed by atoms with Crippen molar-refractivity contribution >= 4 is 5.97 Å².